The quantitative estimate of drug-likeness (QED) is 0.649. The number of nitrogens with zero attached hydrogens (tertiary/aromatic N) is 2. The number of aromatic nitrogens is 2. The van der Waals surface area contributed by atoms with Gasteiger partial charge in [-0.3, -0.25) is 25.2 Å². The second-order valence-electron chi connectivity index (χ2n) is 6.02. The number of hydrogen-bond donors (Lipinski definition) is 2. The molecule has 0 spiro atoms. The van der Waals surface area contributed by atoms with Gasteiger partial charge in [-0.1, -0.05) is 29.8 Å². The van der Waals surface area contributed by atoms with Crippen molar-refractivity contribution in [3.63, 3.8) is 0 Å². The molecule has 0 aliphatic carbocycles. The van der Waals surface area contributed by atoms with Crippen molar-refractivity contribution in [2.75, 3.05) is 6.61 Å². The van der Waals surface area contributed by atoms with Gasteiger partial charge >= 0.3 is 0 Å². The van der Waals surface area contributed by atoms with Gasteiger partial charge in [0.25, 0.3) is 17.4 Å². The summed E-state index contributed by atoms with van der Waals surface area (Å²) in [7, 11) is 1.45. The van der Waals surface area contributed by atoms with E-state index in [2.05, 4.69) is 16.0 Å². The van der Waals surface area contributed by atoms with Crippen LogP contribution in [0, 0.1) is 6.92 Å². The van der Waals surface area contributed by atoms with E-state index in [1.807, 2.05) is 6.92 Å². The number of benzene rings is 2. The molecule has 1 aromatic heterocycles. The molecule has 0 atom stereocenters. The lowest BCUT2D eigenvalue weighted by Crippen LogP contribution is -2.44. The highest BCUT2D eigenvalue weighted by atomic mass is 35.5. The van der Waals surface area contributed by atoms with Crippen molar-refractivity contribution in [1.29, 1.82) is 0 Å². The van der Waals surface area contributed by atoms with E-state index in [0.717, 1.165) is 10.2 Å². The zero-order chi connectivity index (χ0) is 20.3. The fourth-order valence-electron chi connectivity index (χ4n) is 2.55. The maximum atomic E-state index is 12.4. The molecule has 9 heteroatoms. The van der Waals surface area contributed by atoms with Crippen molar-refractivity contribution in [2.45, 2.75) is 6.92 Å². The lowest BCUT2D eigenvalue weighted by atomic mass is 10.1. The molecule has 0 aliphatic rings. The summed E-state index contributed by atoms with van der Waals surface area (Å²) in [6, 6.07) is 11.6. The second-order valence-corrected chi connectivity index (χ2v) is 6.43. The normalized spacial score (nSPS) is 10.5. The van der Waals surface area contributed by atoms with E-state index in [-0.39, 0.29) is 17.9 Å². The molecular weight excluding hydrogens is 384 g/mol. The Morgan fingerprint density at radius 3 is 2.57 bits per heavy atom. The van der Waals surface area contributed by atoms with Crippen LogP contribution in [0.5, 0.6) is 5.75 Å². The molecule has 0 fully saturated rings. The topological polar surface area (TPSA) is 102 Å². The van der Waals surface area contributed by atoms with Crippen molar-refractivity contribution >= 4 is 34.2 Å². The van der Waals surface area contributed by atoms with E-state index in [1.165, 1.54) is 7.05 Å². The second kappa shape index (κ2) is 8.10. The molecule has 0 saturated carbocycles. The Morgan fingerprint density at radius 2 is 1.86 bits per heavy atom. The third-order valence-corrected chi connectivity index (χ3v) is 4.41. The van der Waals surface area contributed by atoms with Crippen LogP contribution in [0.1, 0.15) is 16.1 Å². The largest absolute Gasteiger partial charge is 0.484 e. The zero-order valence-corrected chi connectivity index (χ0v) is 15.9. The number of hydrogen-bond acceptors (Lipinski definition) is 5. The summed E-state index contributed by atoms with van der Waals surface area (Å²) >= 11 is 5.94. The first kappa shape index (κ1) is 19.4. The van der Waals surface area contributed by atoms with Crippen molar-refractivity contribution in [2.24, 2.45) is 7.05 Å². The van der Waals surface area contributed by atoms with Crippen LogP contribution in [-0.4, -0.2) is 28.2 Å². The third kappa shape index (κ3) is 4.12. The Balaban J connectivity index is 1.65. The van der Waals surface area contributed by atoms with Crippen LogP contribution in [0.15, 0.2) is 47.3 Å². The standard InChI is InChI=1S/C19H17ClN4O4/c1-11-9-12(7-8-15(11)20)28-10-16(25)21-22-18(26)17-13-5-3-4-6-14(13)19(27)24(2)23-17/h3-9H,10H2,1-2H3,(H,21,25)(H,22,26). The molecule has 2 aromatic carbocycles. The minimum atomic E-state index is -0.650. The molecule has 2 N–H and O–H groups in total. The lowest BCUT2D eigenvalue weighted by molar-refractivity contribution is -0.123. The predicted molar refractivity (Wildman–Crippen MR) is 104 cm³/mol. The highest BCUT2D eigenvalue weighted by Gasteiger charge is 2.16. The molecule has 0 unspecified atom stereocenters. The monoisotopic (exact) mass is 400 g/mol. The summed E-state index contributed by atoms with van der Waals surface area (Å²) in [6.07, 6.45) is 0. The van der Waals surface area contributed by atoms with Crippen molar-refractivity contribution in [3.05, 3.63) is 69.1 Å². The van der Waals surface area contributed by atoms with Gasteiger partial charge in [-0.25, -0.2) is 4.68 Å². The fourth-order valence-corrected chi connectivity index (χ4v) is 2.66. The fraction of sp³-hybridized carbons (Fsp3) is 0.158. The van der Waals surface area contributed by atoms with Gasteiger partial charge in [0, 0.05) is 17.5 Å². The number of nitrogens with one attached hydrogen (secondary N) is 2. The average molecular weight is 401 g/mol. The molecule has 3 rings (SSSR count). The van der Waals surface area contributed by atoms with Gasteiger partial charge in [0.2, 0.25) is 0 Å². The van der Waals surface area contributed by atoms with E-state index < -0.39 is 11.8 Å². The molecule has 2 amide bonds. The smallest absolute Gasteiger partial charge is 0.290 e. The summed E-state index contributed by atoms with van der Waals surface area (Å²) in [6.45, 7) is 1.52. The van der Waals surface area contributed by atoms with Crippen LogP contribution >= 0.6 is 11.6 Å². The minimum absolute atomic E-state index is 0.0206. The van der Waals surface area contributed by atoms with Crippen LogP contribution in [0.4, 0.5) is 0 Å². The average Bonchev–Trinajstić information content (AvgIpc) is 2.69. The summed E-state index contributed by atoms with van der Waals surface area (Å²) in [5.41, 5.74) is 5.06. The van der Waals surface area contributed by atoms with Crippen molar-refractivity contribution in [1.82, 2.24) is 20.6 Å². The van der Waals surface area contributed by atoms with E-state index in [0.29, 0.717) is 21.5 Å². The first-order valence-electron chi connectivity index (χ1n) is 8.31. The number of halogens is 1. The highest BCUT2D eigenvalue weighted by molar-refractivity contribution is 6.31. The Hall–Kier alpha value is -3.39. The van der Waals surface area contributed by atoms with Crippen LogP contribution in [-0.2, 0) is 11.8 Å². The molecule has 0 saturated heterocycles. The van der Waals surface area contributed by atoms with Gasteiger partial charge in [0.15, 0.2) is 12.3 Å². The molecule has 3 aromatic rings. The van der Waals surface area contributed by atoms with Crippen molar-refractivity contribution < 1.29 is 14.3 Å². The van der Waals surface area contributed by atoms with E-state index >= 15 is 0 Å². The molecule has 28 heavy (non-hydrogen) atoms. The maximum absolute atomic E-state index is 12.4. The van der Waals surface area contributed by atoms with Gasteiger partial charge in [0.05, 0.1) is 5.39 Å². The van der Waals surface area contributed by atoms with Gasteiger partial charge in [0.1, 0.15) is 5.75 Å². The minimum Gasteiger partial charge on any atom is -0.484 e. The molecule has 0 bridgehead atoms. The number of rotatable bonds is 4. The Kier molecular flexibility index (Phi) is 5.60. The van der Waals surface area contributed by atoms with E-state index in [1.54, 1.807) is 42.5 Å². The lowest BCUT2D eigenvalue weighted by Gasteiger charge is -2.11. The van der Waals surface area contributed by atoms with Crippen LogP contribution in [0.25, 0.3) is 10.8 Å². The summed E-state index contributed by atoms with van der Waals surface area (Å²) < 4.78 is 6.44. The molecule has 8 nitrogen and oxygen atoms in total. The molecule has 1 heterocycles. The maximum Gasteiger partial charge on any atom is 0.290 e. The van der Waals surface area contributed by atoms with E-state index in [9.17, 15) is 14.4 Å². The summed E-state index contributed by atoms with van der Waals surface area (Å²) in [5, 5.41) is 5.34. The Labute approximate surface area is 165 Å². The van der Waals surface area contributed by atoms with Gasteiger partial charge in [-0.2, -0.15) is 5.10 Å². The molecular formula is C19H17ClN4O4. The van der Waals surface area contributed by atoms with Crippen molar-refractivity contribution in [3.8, 4) is 5.75 Å². The van der Waals surface area contributed by atoms with Gasteiger partial charge < -0.3 is 4.74 Å². The predicted octanol–water partition coefficient (Wildman–Crippen LogP) is 1.74. The zero-order valence-electron chi connectivity index (χ0n) is 15.2. The molecule has 0 radical (unpaired) electrons. The number of aryl methyl sites for hydroxylation is 2. The molecule has 144 valence electrons. The van der Waals surface area contributed by atoms with Crippen LogP contribution in [0.3, 0.4) is 0 Å². The SMILES string of the molecule is Cc1cc(OCC(=O)NNC(=O)c2nn(C)c(=O)c3ccccc23)ccc1Cl. The Morgan fingerprint density at radius 1 is 1.14 bits per heavy atom. The number of ether oxygens (including phenoxy) is 1. The summed E-state index contributed by atoms with van der Waals surface area (Å²) in [5.74, 6) is -0.730. The van der Waals surface area contributed by atoms with Crippen LogP contribution < -0.4 is 21.1 Å². The van der Waals surface area contributed by atoms with Gasteiger partial charge in [-0.05, 0) is 36.8 Å². The first-order valence-corrected chi connectivity index (χ1v) is 8.69. The first-order chi connectivity index (χ1) is 13.4. The van der Waals surface area contributed by atoms with Gasteiger partial charge in [-0.15, -0.1) is 0 Å². The number of fused-ring (bicyclic) bond motifs is 1. The number of amides is 2. The van der Waals surface area contributed by atoms with Crippen LogP contribution in [0.2, 0.25) is 5.02 Å². The van der Waals surface area contributed by atoms with E-state index in [4.69, 9.17) is 16.3 Å². The highest BCUT2D eigenvalue weighted by Crippen LogP contribution is 2.20. The third-order valence-electron chi connectivity index (χ3n) is 3.99. The Bertz CT molecular complexity index is 1130. The number of carbonyl (C=O) groups is 2. The molecule has 0 aliphatic heterocycles. The number of hydrazine groups is 1. The summed E-state index contributed by atoms with van der Waals surface area (Å²) in [4.78, 5) is 36.5. The number of carbonyl (C=O) groups excluding carboxylic acids is 2.